The minimum atomic E-state index is -1.06. The lowest BCUT2D eigenvalue weighted by molar-refractivity contribution is -0.143. The van der Waals surface area contributed by atoms with E-state index in [1.807, 2.05) is 35.2 Å². The normalized spacial score (nSPS) is 21.2. The second-order valence-corrected chi connectivity index (χ2v) is 7.25. The lowest BCUT2D eigenvalue weighted by atomic mass is 9.99. The number of benzene rings is 2. The van der Waals surface area contributed by atoms with E-state index in [9.17, 15) is 19.5 Å². The number of carbonyl (C=O) groups is 3. The van der Waals surface area contributed by atoms with Gasteiger partial charge in [0.1, 0.15) is 11.8 Å². The molecule has 0 radical (unpaired) electrons. The average Bonchev–Trinajstić information content (AvgIpc) is 3.05. The molecule has 1 fully saturated rings. The van der Waals surface area contributed by atoms with Gasteiger partial charge in [0.25, 0.3) is 0 Å². The Balaban J connectivity index is 1.87. The van der Waals surface area contributed by atoms with Crippen molar-refractivity contribution < 1.29 is 29.3 Å². The van der Waals surface area contributed by atoms with Gasteiger partial charge in [0.2, 0.25) is 5.91 Å². The first-order valence-electron chi connectivity index (χ1n) is 9.59. The van der Waals surface area contributed by atoms with Crippen LogP contribution in [0, 0.1) is 0 Å². The Labute approximate surface area is 174 Å². The van der Waals surface area contributed by atoms with Crippen molar-refractivity contribution in [3.8, 4) is 5.75 Å². The Kier molecular flexibility index (Phi) is 6.68. The number of ether oxygens (including phenoxy) is 1. The predicted molar refractivity (Wildman–Crippen MR) is 108 cm³/mol. The molecule has 2 aromatic carbocycles. The largest absolute Gasteiger partial charge is 0.482 e. The van der Waals surface area contributed by atoms with Gasteiger partial charge < -0.3 is 20.3 Å². The zero-order valence-corrected chi connectivity index (χ0v) is 16.5. The zero-order valence-electron chi connectivity index (χ0n) is 16.5. The number of carboxylic acid groups (broad SMARTS) is 2. The lowest BCUT2D eigenvalue weighted by Crippen LogP contribution is -2.39. The number of nitrogens with zero attached hydrogens (tertiary/aromatic N) is 1. The predicted octanol–water partition coefficient (Wildman–Crippen LogP) is 2.05. The van der Waals surface area contributed by atoms with Crippen LogP contribution in [0.5, 0.6) is 5.75 Å². The molecule has 0 spiro atoms. The van der Waals surface area contributed by atoms with Crippen LogP contribution < -0.4 is 10.1 Å². The van der Waals surface area contributed by atoms with Crippen LogP contribution in [0.4, 0.5) is 0 Å². The summed E-state index contributed by atoms with van der Waals surface area (Å²) in [5, 5.41) is 21.4. The molecular formula is C22H24N2O6. The van der Waals surface area contributed by atoms with E-state index < -0.39 is 24.6 Å². The highest BCUT2D eigenvalue weighted by Crippen LogP contribution is 2.38. The van der Waals surface area contributed by atoms with Gasteiger partial charge in [-0.15, -0.1) is 0 Å². The molecule has 0 aromatic heterocycles. The average molecular weight is 412 g/mol. The second-order valence-electron chi connectivity index (χ2n) is 7.25. The highest BCUT2D eigenvalue weighted by atomic mass is 16.5. The first kappa shape index (κ1) is 21.3. The van der Waals surface area contributed by atoms with Gasteiger partial charge in [-0.25, -0.2) is 4.79 Å². The van der Waals surface area contributed by atoms with Crippen molar-refractivity contribution in [1.82, 2.24) is 10.2 Å². The number of aliphatic carboxylic acids is 2. The summed E-state index contributed by atoms with van der Waals surface area (Å²) in [7, 11) is 0. The monoisotopic (exact) mass is 412 g/mol. The van der Waals surface area contributed by atoms with Gasteiger partial charge in [-0.2, -0.15) is 0 Å². The number of hydrogen-bond acceptors (Lipinski definition) is 5. The number of hydrogen-bond donors (Lipinski definition) is 3. The molecule has 3 atom stereocenters. The first-order chi connectivity index (χ1) is 14.3. The van der Waals surface area contributed by atoms with Crippen LogP contribution in [0.2, 0.25) is 0 Å². The molecule has 0 saturated carbocycles. The lowest BCUT2D eigenvalue weighted by Gasteiger charge is -2.30. The molecule has 1 aliphatic heterocycles. The maximum absolute atomic E-state index is 12.0. The quantitative estimate of drug-likeness (QED) is 0.608. The van der Waals surface area contributed by atoms with Crippen molar-refractivity contribution in [3.63, 3.8) is 0 Å². The third-order valence-corrected chi connectivity index (χ3v) is 5.08. The molecule has 158 valence electrons. The summed E-state index contributed by atoms with van der Waals surface area (Å²) in [6, 6.07) is 15.0. The summed E-state index contributed by atoms with van der Waals surface area (Å²) in [5.41, 5.74) is 1.79. The van der Waals surface area contributed by atoms with E-state index in [2.05, 4.69) is 5.32 Å². The molecular weight excluding hydrogens is 388 g/mol. The summed E-state index contributed by atoms with van der Waals surface area (Å²) < 4.78 is 5.15. The Morgan fingerprint density at radius 1 is 1.07 bits per heavy atom. The minimum Gasteiger partial charge on any atom is -0.482 e. The Morgan fingerprint density at radius 3 is 2.30 bits per heavy atom. The van der Waals surface area contributed by atoms with Crippen molar-refractivity contribution in [2.75, 3.05) is 6.61 Å². The Bertz CT molecular complexity index is 900. The third kappa shape index (κ3) is 5.15. The summed E-state index contributed by atoms with van der Waals surface area (Å²) >= 11 is 0. The van der Waals surface area contributed by atoms with Crippen LogP contribution in [-0.4, -0.2) is 51.6 Å². The molecule has 1 amide bonds. The van der Waals surface area contributed by atoms with Crippen LogP contribution in [0.1, 0.15) is 30.5 Å². The van der Waals surface area contributed by atoms with Crippen LogP contribution in [0.3, 0.4) is 0 Å². The van der Waals surface area contributed by atoms with Gasteiger partial charge >= 0.3 is 11.9 Å². The fraction of sp³-hybridized carbons (Fsp3) is 0.318. The molecule has 8 nitrogen and oxygen atoms in total. The van der Waals surface area contributed by atoms with Crippen LogP contribution in [0.15, 0.2) is 54.6 Å². The highest BCUT2D eigenvalue weighted by molar-refractivity contribution is 5.76. The fourth-order valence-electron chi connectivity index (χ4n) is 3.90. The molecule has 0 bridgehead atoms. The number of carbonyl (C=O) groups excluding carboxylic acids is 1. The summed E-state index contributed by atoms with van der Waals surface area (Å²) in [6.45, 7) is 1.35. The summed E-state index contributed by atoms with van der Waals surface area (Å²) in [6.07, 6.45) is 0.300. The molecule has 1 heterocycles. The van der Waals surface area contributed by atoms with Crippen molar-refractivity contribution in [3.05, 3.63) is 65.7 Å². The molecule has 3 N–H and O–H groups in total. The molecule has 1 aliphatic rings. The van der Waals surface area contributed by atoms with Crippen LogP contribution >= 0.6 is 0 Å². The van der Waals surface area contributed by atoms with Crippen molar-refractivity contribution >= 4 is 17.8 Å². The number of carboxylic acids is 2. The van der Waals surface area contributed by atoms with E-state index in [-0.39, 0.29) is 18.0 Å². The van der Waals surface area contributed by atoms with E-state index in [1.165, 1.54) is 6.92 Å². The van der Waals surface area contributed by atoms with Crippen molar-refractivity contribution in [2.45, 2.75) is 38.0 Å². The molecule has 2 aromatic rings. The van der Waals surface area contributed by atoms with Gasteiger partial charge in [0.05, 0.1) is 12.1 Å². The number of rotatable bonds is 8. The molecule has 30 heavy (non-hydrogen) atoms. The molecule has 3 rings (SSSR count). The standard InChI is InChI=1S/C22H24N2O6/c1-14(25)23-18-11-19(22(28)29)24(21(18)16-5-3-2-4-6-16)12-15-7-9-17(10-8-15)30-13-20(26)27/h2-10,18-19,21H,11-13H2,1H3,(H,23,25)(H,26,27)(H,28,29)/t18-,19+,21+/m1/s1. The molecule has 0 unspecified atom stereocenters. The van der Waals surface area contributed by atoms with Crippen molar-refractivity contribution in [2.24, 2.45) is 0 Å². The molecule has 0 aliphatic carbocycles. The van der Waals surface area contributed by atoms with Crippen molar-refractivity contribution in [1.29, 1.82) is 0 Å². The first-order valence-corrected chi connectivity index (χ1v) is 9.59. The molecule has 1 saturated heterocycles. The summed E-state index contributed by atoms with van der Waals surface area (Å²) in [5.74, 6) is -1.78. The van der Waals surface area contributed by atoms with Crippen LogP contribution in [-0.2, 0) is 20.9 Å². The van der Waals surface area contributed by atoms with E-state index in [0.29, 0.717) is 18.7 Å². The smallest absolute Gasteiger partial charge is 0.341 e. The van der Waals surface area contributed by atoms with Gasteiger partial charge in [0, 0.05) is 13.5 Å². The van der Waals surface area contributed by atoms with E-state index in [0.717, 1.165) is 11.1 Å². The van der Waals surface area contributed by atoms with E-state index >= 15 is 0 Å². The van der Waals surface area contributed by atoms with E-state index in [4.69, 9.17) is 9.84 Å². The number of amides is 1. The number of nitrogens with one attached hydrogen (secondary N) is 1. The maximum atomic E-state index is 12.0. The SMILES string of the molecule is CC(=O)N[C@@H]1C[C@@H](C(=O)O)N(Cc2ccc(OCC(=O)O)cc2)[C@H]1c1ccccc1. The Hall–Kier alpha value is -3.39. The van der Waals surface area contributed by atoms with Gasteiger partial charge in [-0.05, 0) is 29.7 Å². The number of likely N-dealkylation sites (tertiary alicyclic amines) is 1. The van der Waals surface area contributed by atoms with E-state index in [1.54, 1.807) is 24.3 Å². The zero-order chi connectivity index (χ0) is 21.7. The maximum Gasteiger partial charge on any atom is 0.341 e. The van der Waals surface area contributed by atoms with Gasteiger partial charge in [-0.3, -0.25) is 14.5 Å². The van der Waals surface area contributed by atoms with Gasteiger partial charge in [0.15, 0.2) is 6.61 Å². The third-order valence-electron chi connectivity index (χ3n) is 5.08. The topological polar surface area (TPSA) is 116 Å². The summed E-state index contributed by atoms with van der Waals surface area (Å²) in [4.78, 5) is 36.2. The van der Waals surface area contributed by atoms with Crippen LogP contribution in [0.25, 0.3) is 0 Å². The second kappa shape index (κ2) is 9.41. The van der Waals surface area contributed by atoms with Gasteiger partial charge in [-0.1, -0.05) is 42.5 Å². The Morgan fingerprint density at radius 2 is 1.73 bits per heavy atom. The fourth-order valence-corrected chi connectivity index (χ4v) is 3.90. The highest BCUT2D eigenvalue weighted by Gasteiger charge is 2.45. The minimum absolute atomic E-state index is 0.202. The molecule has 8 heteroatoms.